The maximum atomic E-state index is 3.69. The average Bonchev–Trinajstić information content (AvgIpc) is 2.64. The molecule has 3 aliphatic carbocycles. The molecule has 1 nitrogen and oxygen atoms in total. The van der Waals surface area contributed by atoms with Gasteiger partial charge in [0.15, 0.2) is 0 Å². The van der Waals surface area contributed by atoms with Crippen LogP contribution in [-0.4, -0.2) is 0 Å². The van der Waals surface area contributed by atoms with E-state index in [-0.39, 0.29) is 0 Å². The van der Waals surface area contributed by atoms with E-state index in [1.807, 2.05) is 0 Å². The van der Waals surface area contributed by atoms with Crippen molar-refractivity contribution in [1.29, 1.82) is 0 Å². The van der Waals surface area contributed by atoms with Crippen molar-refractivity contribution in [1.82, 2.24) is 0 Å². The van der Waals surface area contributed by atoms with E-state index in [1.165, 1.54) is 47.8 Å². The summed E-state index contributed by atoms with van der Waals surface area (Å²) in [6.07, 6.45) is 5.33. The van der Waals surface area contributed by atoms with Gasteiger partial charge in [0, 0.05) is 16.8 Å². The van der Waals surface area contributed by atoms with E-state index in [9.17, 15) is 0 Å². The molecule has 126 valence electrons. The second kappa shape index (κ2) is 5.11. The number of anilines is 2. The van der Waals surface area contributed by atoms with Crippen LogP contribution in [0.25, 0.3) is 10.8 Å². The van der Waals surface area contributed by atoms with Crippen LogP contribution in [0.15, 0.2) is 60.7 Å². The fraction of sp³-hybridized carbons (Fsp3) is 0.333. The van der Waals surface area contributed by atoms with Crippen LogP contribution in [0.5, 0.6) is 0 Å². The molecule has 1 fully saturated rings. The van der Waals surface area contributed by atoms with E-state index < -0.39 is 0 Å². The fourth-order valence-corrected chi connectivity index (χ4v) is 5.03. The summed E-state index contributed by atoms with van der Waals surface area (Å²) in [5, 5.41) is 6.25. The molecule has 2 bridgehead atoms. The number of rotatable bonds is 2. The molecule has 3 aromatic carbocycles. The fourth-order valence-electron chi connectivity index (χ4n) is 5.03. The van der Waals surface area contributed by atoms with Gasteiger partial charge in [0.25, 0.3) is 0 Å². The molecule has 3 aliphatic rings. The highest BCUT2D eigenvalue weighted by molar-refractivity contribution is 5.95. The van der Waals surface area contributed by atoms with Gasteiger partial charge in [-0.15, -0.1) is 0 Å². The highest BCUT2D eigenvalue weighted by atomic mass is 14.9. The molecule has 0 atom stereocenters. The molecule has 6 rings (SSSR count). The molecule has 0 spiro atoms. The molecule has 0 amide bonds. The second-order valence-corrected chi connectivity index (χ2v) is 8.53. The number of hydrogen-bond donors (Lipinski definition) is 1. The van der Waals surface area contributed by atoms with Gasteiger partial charge in [-0.2, -0.15) is 0 Å². The number of fused-ring (bicyclic) bond motifs is 3. The Morgan fingerprint density at radius 1 is 0.720 bits per heavy atom. The normalized spacial score (nSPS) is 27.3. The van der Waals surface area contributed by atoms with E-state index in [4.69, 9.17) is 0 Å². The van der Waals surface area contributed by atoms with Crippen LogP contribution < -0.4 is 5.32 Å². The lowest BCUT2D eigenvalue weighted by Crippen LogP contribution is -2.44. The minimum Gasteiger partial charge on any atom is -0.355 e. The molecular formula is C24H25N. The molecule has 0 aliphatic heterocycles. The summed E-state index contributed by atoms with van der Waals surface area (Å²) < 4.78 is 0. The van der Waals surface area contributed by atoms with E-state index in [0.29, 0.717) is 10.8 Å². The van der Waals surface area contributed by atoms with Crippen molar-refractivity contribution in [2.75, 3.05) is 5.32 Å². The zero-order valence-electron chi connectivity index (χ0n) is 15.1. The number of hydrogen-bond acceptors (Lipinski definition) is 1. The Balaban J connectivity index is 1.58. The van der Waals surface area contributed by atoms with Gasteiger partial charge in [-0.1, -0.05) is 56.3 Å². The Morgan fingerprint density at radius 2 is 1.40 bits per heavy atom. The summed E-state index contributed by atoms with van der Waals surface area (Å²) in [7, 11) is 0. The Morgan fingerprint density at radius 3 is 2.20 bits per heavy atom. The zero-order chi connectivity index (χ0) is 17.1. The van der Waals surface area contributed by atoms with E-state index >= 15 is 0 Å². The molecule has 1 saturated carbocycles. The van der Waals surface area contributed by atoms with Crippen LogP contribution in [0.1, 0.15) is 50.7 Å². The van der Waals surface area contributed by atoms with Crippen LogP contribution >= 0.6 is 0 Å². The van der Waals surface area contributed by atoms with Gasteiger partial charge in [0.2, 0.25) is 0 Å². The van der Waals surface area contributed by atoms with E-state index in [2.05, 4.69) is 79.8 Å². The van der Waals surface area contributed by atoms with Gasteiger partial charge in [-0.25, -0.2) is 0 Å². The third kappa shape index (κ3) is 2.22. The lowest BCUT2D eigenvalue weighted by molar-refractivity contribution is 0.188. The summed E-state index contributed by atoms with van der Waals surface area (Å²) >= 11 is 0. The zero-order valence-corrected chi connectivity index (χ0v) is 15.1. The molecule has 0 radical (unpaired) electrons. The summed E-state index contributed by atoms with van der Waals surface area (Å²) in [6, 6.07) is 22.2. The maximum Gasteiger partial charge on any atom is 0.0463 e. The third-order valence-electron chi connectivity index (χ3n) is 6.85. The van der Waals surface area contributed by atoms with Gasteiger partial charge < -0.3 is 5.32 Å². The molecule has 1 N–H and O–H groups in total. The molecule has 25 heavy (non-hydrogen) atoms. The highest BCUT2D eigenvalue weighted by Gasteiger charge is 2.47. The van der Waals surface area contributed by atoms with Gasteiger partial charge in [0.1, 0.15) is 0 Å². The first-order valence-corrected chi connectivity index (χ1v) is 9.47. The van der Waals surface area contributed by atoms with Crippen LogP contribution in [0.2, 0.25) is 0 Å². The maximum absolute atomic E-state index is 3.69. The molecule has 0 aromatic heterocycles. The van der Waals surface area contributed by atoms with Crippen molar-refractivity contribution in [2.45, 2.75) is 50.4 Å². The van der Waals surface area contributed by atoms with Crippen LogP contribution in [-0.2, 0) is 10.8 Å². The predicted molar refractivity (Wildman–Crippen MR) is 107 cm³/mol. The van der Waals surface area contributed by atoms with Crippen molar-refractivity contribution in [3.63, 3.8) is 0 Å². The first kappa shape index (κ1) is 15.0. The van der Waals surface area contributed by atoms with Gasteiger partial charge in [-0.05, 0) is 71.2 Å². The lowest BCUT2D eigenvalue weighted by atomic mass is 9.52. The summed E-state index contributed by atoms with van der Waals surface area (Å²) in [5.41, 5.74) is 6.34. The van der Waals surface area contributed by atoms with Crippen molar-refractivity contribution in [3.8, 4) is 0 Å². The van der Waals surface area contributed by atoms with Crippen LogP contribution in [0.3, 0.4) is 0 Å². The SMILES string of the molecule is CC12CCC(C)(CC1)c1cc(Nc3cccc4ccccc34)ccc12. The Labute approximate surface area is 150 Å². The second-order valence-electron chi connectivity index (χ2n) is 8.53. The summed E-state index contributed by atoms with van der Waals surface area (Å²) in [4.78, 5) is 0. The Bertz CT molecular complexity index is 955. The van der Waals surface area contributed by atoms with Crippen molar-refractivity contribution < 1.29 is 0 Å². The predicted octanol–water partition coefficient (Wildman–Crippen LogP) is 6.69. The first-order chi connectivity index (χ1) is 12.1. The van der Waals surface area contributed by atoms with Crippen LogP contribution in [0, 0.1) is 0 Å². The standard InChI is InChI=1S/C24H25N/c1-23-12-14-24(2,15-13-23)21-16-18(10-11-20(21)23)25-22-9-5-7-17-6-3-4-8-19(17)22/h3-11,16,25H,12-15H2,1-2H3. The molecular weight excluding hydrogens is 302 g/mol. The molecule has 0 heterocycles. The first-order valence-electron chi connectivity index (χ1n) is 9.47. The van der Waals surface area contributed by atoms with Gasteiger partial charge in [0.05, 0.1) is 0 Å². The minimum absolute atomic E-state index is 0.365. The smallest absolute Gasteiger partial charge is 0.0463 e. The monoisotopic (exact) mass is 327 g/mol. The van der Waals surface area contributed by atoms with Gasteiger partial charge in [-0.3, -0.25) is 0 Å². The van der Waals surface area contributed by atoms with E-state index in [0.717, 1.165) is 0 Å². The number of benzene rings is 3. The Kier molecular flexibility index (Phi) is 3.07. The van der Waals surface area contributed by atoms with E-state index in [1.54, 1.807) is 11.1 Å². The van der Waals surface area contributed by atoms with Crippen molar-refractivity contribution >= 4 is 22.1 Å². The van der Waals surface area contributed by atoms with Crippen molar-refractivity contribution in [2.24, 2.45) is 0 Å². The molecule has 1 heteroatoms. The van der Waals surface area contributed by atoms with Crippen LogP contribution in [0.4, 0.5) is 11.4 Å². The summed E-state index contributed by atoms with van der Waals surface area (Å²) in [5.74, 6) is 0. The molecule has 0 saturated heterocycles. The lowest BCUT2D eigenvalue weighted by Gasteiger charge is -2.52. The molecule has 0 unspecified atom stereocenters. The topological polar surface area (TPSA) is 12.0 Å². The highest BCUT2D eigenvalue weighted by Crippen LogP contribution is 2.56. The molecule has 3 aromatic rings. The quantitative estimate of drug-likeness (QED) is 0.553. The largest absolute Gasteiger partial charge is 0.355 e. The third-order valence-corrected chi connectivity index (χ3v) is 6.85. The van der Waals surface area contributed by atoms with Gasteiger partial charge >= 0.3 is 0 Å². The summed E-state index contributed by atoms with van der Waals surface area (Å²) in [6.45, 7) is 4.93. The Hall–Kier alpha value is -2.28. The average molecular weight is 327 g/mol. The number of nitrogens with one attached hydrogen (secondary N) is 1. The minimum atomic E-state index is 0.365. The van der Waals surface area contributed by atoms with Crippen molar-refractivity contribution in [3.05, 3.63) is 71.8 Å².